The predicted octanol–water partition coefficient (Wildman–Crippen LogP) is 3.02. The maximum absolute atomic E-state index is 13.0. The minimum atomic E-state index is -0.313. The third-order valence-corrected chi connectivity index (χ3v) is 5.12. The number of ketones is 1. The van der Waals surface area contributed by atoms with Crippen LogP contribution in [0.1, 0.15) is 33.9 Å². The van der Waals surface area contributed by atoms with Gasteiger partial charge in [0.1, 0.15) is 5.75 Å². The van der Waals surface area contributed by atoms with E-state index in [9.17, 15) is 9.59 Å². The van der Waals surface area contributed by atoms with Crippen LogP contribution in [0.15, 0.2) is 48.5 Å². The molecule has 0 saturated carbocycles. The van der Waals surface area contributed by atoms with Gasteiger partial charge in [-0.3, -0.25) is 9.59 Å². The Labute approximate surface area is 141 Å². The summed E-state index contributed by atoms with van der Waals surface area (Å²) < 4.78 is 5.31. The van der Waals surface area contributed by atoms with E-state index < -0.39 is 0 Å². The van der Waals surface area contributed by atoms with Gasteiger partial charge in [-0.15, -0.1) is 0 Å². The van der Waals surface area contributed by atoms with Crippen molar-refractivity contribution in [1.29, 1.82) is 0 Å². The van der Waals surface area contributed by atoms with E-state index in [1.165, 1.54) is 5.56 Å². The van der Waals surface area contributed by atoms with Gasteiger partial charge in [0.25, 0.3) is 0 Å². The molecule has 0 N–H and O–H groups in total. The first-order chi connectivity index (χ1) is 11.7. The molecule has 1 saturated heterocycles. The highest BCUT2D eigenvalue weighted by molar-refractivity contribution is 6.02. The Morgan fingerprint density at radius 2 is 1.96 bits per heavy atom. The van der Waals surface area contributed by atoms with Gasteiger partial charge in [0.15, 0.2) is 5.78 Å². The Kier molecular flexibility index (Phi) is 3.60. The van der Waals surface area contributed by atoms with Crippen LogP contribution in [0.5, 0.6) is 5.75 Å². The maximum Gasteiger partial charge on any atom is 0.223 e. The Hall–Kier alpha value is -2.62. The van der Waals surface area contributed by atoms with Gasteiger partial charge < -0.3 is 9.64 Å². The summed E-state index contributed by atoms with van der Waals surface area (Å²) in [6.07, 6.45) is 1.10. The number of amides is 1. The number of hydrogen-bond donors (Lipinski definition) is 0. The molecule has 122 valence electrons. The molecule has 2 aliphatic rings. The number of hydrogen-bond acceptors (Lipinski definition) is 3. The maximum atomic E-state index is 13.0. The van der Waals surface area contributed by atoms with E-state index in [2.05, 4.69) is 0 Å². The molecule has 0 aliphatic carbocycles. The van der Waals surface area contributed by atoms with Gasteiger partial charge in [0.2, 0.25) is 5.91 Å². The summed E-state index contributed by atoms with van der Waals surface area (Å²) in [4.78, 5) is 27.3. The van der Waals surface area contributed by atoms with Crippen molar-refractivity contribution in [1.82, 2.24) is 4.90 Å². The van der Waals surface area contributed by atoms with E-state index in [0.29, 0.717) is 18.5 Å². The van der Waals surface area contributed by atoms with Gasteiger partial charge in [0.05, 0.1) is 19.1 Å². The van der Waals surface area contributed by atoms with Crippen LogP contribution in [0.4, 0.5) is 0 Å². The minimum absolute atomic E-state index is 0.0557. The van der Waals surface area contributed by atoms with Gasteiger partial charge in [-0.2, -0.15) is 0 Å². The molecule has 4 nitrogen and oxygen atoms in total. The van der Waals surface area contributed by atoms with E-state index >= 15 is 0 Å². The highest BCUT2D eigenvalue weighted by atomic mass is 16.5. The van der Waals surface area contributed by atoms with Crippen molar-refractivity contribution in [2.24, 2.45) is 5.92 Å². The molecule has 4 heteroatoms. The number of Topliss-reactive ketones (excluding diaryl/α,β-unsaturated/α-hetero) is 1. The van der Waals surface area contributed by atoms with Gasteiger partial charge >= 0.3 is 0 Å². The fourth-order valence-electron chi connectivity index (χ4n) is 3.95. The van der Waals surface area contributed by atoms with Crippen LogP contribution in [0.25, 0.3) is 0 Å². The molecular weight excluding hydrogens is 302 g/mol. The summed E-state index contributed by atoms with van der Waals surface area (Å²) in [5, 5.41) is 0. The molecule has 24 heavy (non-hydrogen) atoms. The number of carbonyl (C=O) groups is 2. The molecule has 1 amide bonds. The standard InChI is InChI=1S/C20H19NO3/c1-24-15-7-8-16-14(11-15)9-10-21-18(22)12-17(19(16)21)20(23)13-5-3-2-4-6-13/h2-8,11,17,19H,9-10,12H2,1H3/t17-,19+/m0/s1. The van der Waals surface area contributed by atoms with Crippen LogP contribution in [0.2, 0.25) is 0 Å². The largest absolute Gasteiger partial charge is 0.497 e. The fourth-order valence-corrected chi connectivity index (χ4v) is 3.95. The summed E-state index contributed by atoms with van der Waals surface area (Å²) in [6.45, 7) is 0.669. The topological polar surface area (TPSA) is 46.6 Å². The fraction of sp³-hybridized carbons (Fsp3) is 0.300. The third kappa shape index (κ3) is 2.30. The Bertz CT molecular complexity index is 800. The Balaban J connectivity index is 1.74. The molecule has 0 aromatic heterocycles. The molecule has 0 spiro atoms. The molecule has 0 bridgehead atoms. The van der Waals surface area contributed by atoms with E-state index in [0.717, 1.165) is 17.7 Å². The zero-order chi connectivity index (χ0) is 16.7. The van der Waals surface area contributed by atoms with E-state index in [-0.39, 0.29) is 23.7 Å². The number of ether oxygens (including phenoxy) is 1. The number of carbonyl (C=O) groups excluding carboxylic acids is 2. The van der Waals surface area contributed by atoms with Crippen LogP contribution in [0.3, 0.4) is 0 Å². The van der Waals surface area contributed by atoms with Crippen molar-refractivity contribution in [2.75, 3.05) is 13.7 Å². The van der Waals surface area contributed by atoms with E-state index in [1.807, 2.05) is 53.4 Å². The second-order valence-corrected chi connectivity index (χ2v) is 6.39. The second kappa shape index (κ2) is 5.78. The molecule has 2 aromatic rings. The molecule has 0 radical (unpaired) electrons. The van der Waals surface area contributed by atoms with Crippen LogP contribution >= 0.6 is 0 Å². The van der Waals surface area contributed by atoms with Gasteiger partial charge in [-0.1, -0.05) is 36.4 Å². The minimum Gasteiger partial charge on any atom is -0.497 e. The third-order valence-electron chi connectivity index (χ3n) is 5.12. The average Bonchev–Trinajstić information content (AvgIpc) is 2.98. The average molecular weight is 321 g/mol. The summed E-state index contributed by atoms with van der Waals surface area (Å²) in [5.41, 5.74) is 2.94. The molecule has 2 heterocycles. The van der Waals surface area contributed by atoms with E-state index in [4.69, 9.17) is 4.74 Å². The molecule has 2 atom stereocenters. The van der Waals surface area contributed by atoms with E-state index in [1.54, 1.807) is 7.11 Å². The zero-order valence-electron chi connectivity index (χ0n) is 13.6. The van der Waals surface area contributed by atoms with Crippen molar-refractivity contribution < 1.29 is 14.3 Å². The van der Waals surface area contributed by atoms with Gasteiger partial charge in [0, 0.05) is 18.5 Å². The van der Waals surface area contributed by atoms with Crippen LogP contribution < -0.4 is 4.74 Å². The van der Waals surface area contributed by atoms with Crippen molar-refractivity contribution in [3.05, 3.63) is 65.2 Å². The summed E-state index contributed by atoms with van der Waals surface area (Å²) in [7, 11) is 1.65. The predicted molar refractivity (Wildman–Crippen MR) is 90.0 cm³/mol. The molecule has 1 fully saturated rings. The van der Waals surface area contributed by atoms with Crippen molar-refractivity contribution in [3.63, 3.8) is 0 Å². The first kappa shape index (κ1) is 14.9. The van der Waals surface area contributed by atoms with Crippen molar-refractivity contribution >= 4 is 11.7 Å². The quantitative estimate of drug-likeness (QED) is 0.816. The van der Waals surface area contributed by atoms with Gasteiger partial charge in [-0.05, 0) is 29.7 Å². The smallest absolute Gasteiger partial charge is 0.223 e. The number of nitrogens with zero attached hydrogens (tertiary/aromatic N) is 1. The molecule has 2 aromatic carbocycles. The highest BCUT2D eigenvalue weighted by Gasteiger charge is 2.46. The summed E-state index contributed by atoms with van der Waals surface area (Å²) in [6, 6.07) is 15.1. The number of rotatable bonds is 3. The first-order valence-corrected chi connectivity index (χ1v) is 8.24. The number of methoxy groups -OCH3 is 1. The molecule has 0 unspecified atom stereocenters. The number of fused-ring (bicyclic) bond motifs is 3. The highest BCUT2D eigenvalue weighted by Crippen LogP contribution is 2.44. The van der Waals surface area contributed by atoms with Crippen LogP contribution in [-0.2, 0) is 11.2 Å². The summed E-state index contributed by atoms with van der Waals surface area (Å²) in [5.74, 6) is 0.640. The molecular formula is C20H19NO3. The summed E-state index contributed by atoms with van der Waals surface area (Å²) >= 11 is 0. The molecule has 2 aliphatic heterocycles. The monoisotopic (exact) mass is 321 g/mol. The lowest BCUT2D eigenvalue weighted by molar-refractivity contribution is -0.129. The van der Waals surface area contributed by atoms with Crippen molar-refractivity contribution in [3.8, 4) is 5.75 Å². The second-order valence-electron chi connectivity index (χ2n) is 6.39. The Morgan fingerprint density at radius 1 is 1.17 bits per heavy atom. The normalized spacial score (nSPS) is 22.0. The van der Waals surface area contributed by atoms with Crippen LogP contribution in [0, 0.1) is 5.92 Å². The Morgan fingerprint density at radius 3 is 2.71 bits per heavy atom. The molecule has 4 rings (SSSR count). The lowest BCUT2D eigenvalue weighted by Gasteiger charge is -2.34. The zero-order valence-corrected chi connectivity index (χ0v) is 13.6. The SMILES string of the molecule is COc1ccc2c(c1)CCN1C(=O)C[C@H](C(=O)c3ccccc3)[C@@H]21. The van der Waals surface area contributed by atoms with Gasteiger partial charge in [-0.25, -0.2) is 0 Å². The van der Waals surface area contributed by atoms with Crippen LogP contribution in [-0.4, -0.2) is 30.2 Å². The lowest BCUT2D eigenvalue weighted by Crippen LogP contribution is -2.36. The lowest BCUT2D eigenvalue weighted by atomic mass is 9.83. The first-order valence-electron chi connectivity index (χ1n) is 8.24. The van der Waals surface area contributed by atoms with Crippen molar-refractivity contribution in [2.45, 2.75) is 18.9 Å². The number of benzene rings is 2.